The van der Waals surface area contributed by atoms with E-state index in [1.54, 1.807) is 7.11 Å². The van der Waals surface area contributed by atoms with Gasteiger partial charge in [0.15, 0.2) is 0 Å². The summed E-state index contributed by atoms with van der Waals surface area (Å²) in [4.78, 5) is 17.9. The standard InChI is InChI=1S/C34H32N4O2/c1-40-18-8-17-36-34(39)33-19-28(32-16-7-12-26-10-3-5-15-31(26)32)22-37(33)23-29-20-35-24-38(29)21-27-13-6-11-25-9-2-4-14-30(25)27/h2-7,9-16,19-20,22,24H,8,17-18,21,23H2,1H3,(H,36,39). The Morgan fingerprint density at radius 3 is 2.40 bits per heavy atom. The van der Waals surface area contributed by atoms with Crippen molar-refractivity contribution in [3.05, 3.63) is 127 Å². The summed E-state index contributed by atoms with van der Waals surface area (Å²) in [6.07, 6.45) is 6.61. The number of benzene rings is 4. The molecule has 1 N–H and O–H groups in total. The van der Waals surface area contributed by atoms with Gasteiger partial charge in [-0.05, 0) is 45.2 Å². The number of carbonyl (C=O) groups excluding carboxylic acids is 1. The van der Waals surface area contributed by atoms with E-state index in [9.17, 15) is 4.79 Å². The van der Waals surface area contributed by atoms with Crippen molar-refractivity contribution in [2.24, 2.45) is 0 Å². The van der Waals surface area contributed by atoms with Gasteiger partial charge in [-0.2, -0.15) is 0 Å². The van der Waals surface area contributed by atoms with Crippen LogP contribution in [0.4, 0.5) is 0 Å². The zero-order valence-electron chi connectivity index (χ0n) is 22.6. The highest BCUT2D eigenvalue weighted by Crippen LogP contribution is 2.30. The number of imidazole rings is 1. The van der Waals surface area contributed by atoms with E-state index in [1.165, 1.54) is 21.7 Å². The first kappa shape index (κ1) is 25.6. The average molecular weight is 529 g/mol. The predicted octanol–water partition coefficient (Wildman–Crippen LogP) is 6.52. The Bertz CT molecular complexity index is 1770. The molecule has 2 heterocycles. The molecule has 0 saturated carbocycles. The number of aromatic nitrogens is 3. The number of methoxy groups -OCH3 is 1. The van der Waals surface area contributed by atoms with Crippen molar-refractivity contribution >= 4 is 27.5 Å². The first-order chi connectivity index (χ1) is 19.7. The van der Waals surface area contributed by atoms with Gasteiger partial charge in [0, 0.05) is 44.8 Å². The Morgan fingerprint density at radius 1 is 0.850 bits per heavy atom. The second kappa shape index (κ2) is 11.6. The van der Waals surface area contributed by atoms with E-state index in [2.05, 4.69) is 99.9 Å². The van der Waals surface area contributed by atoms with Gasteiger partial charge >= 0.3 is 0 Å². The third kappa shape index (κ3) is 5.26. The minimum absolute atomic E-state index is 0.0947. The number of fused-ring (bicyclic) bond motifs is 2. The Hall–Kier alpha value is -4.68. The Morgan fingerprint density at radius 2 is 1.57 bits per heavy atom. The maximum absolute atomic E-state index is 13.4. The molecule has 2 aromatic heterocycles. The van der Waals surface area contributed by atoms with E-state index in [1.807, 2.05) is 29.2 Å². The number of amides is 1. The van der Waals surface area contributed by atoms with Crippen molar-refractivity contribution in [3.63, 3.8) is 0 Å². The van der Waals surface area contributed by atoms with Crippen LogP contribution < -0.4 is 5.32 Å². The molecule has 0 atom stereocenters. The summed E-state index contributed by atoms with van der Waals surface area (Å²) in [7, 11) is 1.67. The molecule has 6 nitrogen and oxygen atoms in total. The van der Waals surface area contributed by atoms with E-state index < -0.39 is 0 Å². The predicted molar refractivity (Wildman–Crippen MR) is 161 cm³/mol. The topological polar surface area (TPSA) is 61.1 Å². The summed E-state index contributed by atoms with van der Waals surface area (Å²) in [6.45, 7) is 2.39. The second-order valence-corrected chi connectivity index (χ2v) is 10.0. The van der Waals surface area contributed by atoms with Crippen molar-refractivity contribution in [2.45, 2.75) is 19.5 Å². The van der Waals surface area contributed by atoms with Gasteiger partial charge in [0.25, 0.3) is 5.91 Å². The van der Waals surface area contributed by atoms with Gasteiger partial charge in [-0.15, -0.1) is 0 Å². The highest BCUT2D eigenvalue weighted by atomic mass is 16.5. The smallest absolute Gasteiger partial charge is 0.267 e. The lowest BCUT2D eigenvalue weighted by molar-refractivity contribution is 0.0939. The second-order valence-electron chi connectivity index (χ2n) is 10.0. The molecule has 0 saturated heterocycles. The van der Waals surface area contributed by atoms with Gasteiger partial charge in [-0.25, -0.2) is 4.98 Å². The third-order valence-corrected chi connectivity index (χ3v) is 7.39. The minimum Gasteiger partial charge on any atom is -0.385 e. The normalized spacial score (nSPS) is 11.3. The van der Waals surface area contributed by atoms with Crippen LogP contribution in [0.1, 0.15) is 28.2 Å². The number of carbonyl (C=O) groups is 1. The van der Waals surface area contributed by atoms with Gasteiger partial charge in [-0.1, -0.05) is 84.9 Å². The van der Waals surface area contributed by atoms with Gasteiger partial charge in [-0.3, -0.25) is 4.79 Å². The first-order valence-corrected chi connectivity index (χ1v) is 13.6. The van der Waals surface area contributed by atoms with Crippen LogP contribution in [0.2, 0.25) is 0 Å². The summed E-state index contributed by atoms with van der Waals surface area (Å²) in [5.41, 5.74) is 5.01. The number of nitrogens with zero attached hydrogens (tertiary/aromatic N) is 3. The highest BCUT2D eigenvalue weighted by molar-refractivity contribution is 5.99. The molecule has 0 aliphatic heterocycles. The molecule has 0 radical (unpaired) electrons. The lowest BCUT2D eigenvalue weighted by Gasteiger charge is -2.13. The molecule has 6 aromatic rings. The Balaban J connectivity index is 1.35. The Kier molecular flexibility index (Phi) is 7.42. The zero-order valence-corrected chi connectivity index (χ0v) is 22.6. The molecule has 0 spiro atoms. The minimum atomic E-state index is -0.0947. The molecule has 0 aliphatic rings. The van der Waals surface area contributed by atoms with Crippen LogP contribution in [0.25, 0.3) is 32.7 Å². The van der Waals surface area contributed by atoms with Gasteiger partial charge in [0.1, 0.15) is 5.69 Å². The SMILES string of the molecule is COCCCNC(=O)c1cc(-c2cccc3ccccc23)cn1Cc1cncn1Cc1cccc2ccccc12. The molecule has 0 aliphatic carbocycles. The third-order valence-electron chi connectivity index (χ3n) is 7.39. The van der Waals surface area contributed by atoms with Gasteiger partial charge in [0.2, 0.25) is 0 Å². The fourth-order valence-electron chi connectivity index (χ4n) is 5.38. The average Bonchev–Trinajstić information content (AvgIpc) is 3.62. The summed E-state index contributed by atoms with van der Waals surface area (Å²) < 4.78 is 9.36. The van der Waals surface area contributed by atoms with Crippen molar-refractivity contribution in [1.82, 2.24) is 19.4 Å². The molecule has 40 heavy (non-hydrogen) atoms. The molecule has 6 rings (SSSR count). The van der Waals surface area contributed by atoms with E-state index >= 15 is 0 Å². The molecule has 1 amide bonds. The van der Waals surface area contributed by atoms with Crippen molar-refractivity contribution < 1.29 is 9.53 Å². The van der Waals surface area contributed by atoms with Crippen LogP contribution in [-0.2, 0) is 17.8 Å². The van der Waals surface area contributed by atoms with Gasteiger partial charge in [0.05, 0.1) is 18.6 Å². The molecule has 6 heteroatoms. The summed E-state index contributed by atoms with van der Waals surface area (Å²) in [6, 6.07) is 31.5. The first-order valence-electron chi connectivity index (χ1n) is 13.6. The van der Waals surface area contributed by atoms with Crippen molar-refractivity contribution in [3.8, 4) is 11.1 Å². The molecular formula is C34H32N4O2. The van der Waals surface area contributed by atoms with Crippen molar-refractivity contribution in [1.29, 1.82) is 0 Å². The number of hydrogen-bond donors (Lipinski definition) is 1. The Labute approximate surface area is 233 Å². The number of hydrogen-bond acceptors (Lipinski definition) is 3. The summed E-state index contributed by atoms with van der Waals surface area (Å²) >= 11 is 0. The van der Waals surface area contributed by atoms with Crippen LogP contribution >= 0.6 is 0 Å². The number of ether oxygens (including phenoxy) is 1. The zero-order chi connectivity index (χ0) is 27.3. The molecule has 0 fully saturated rings. The number of rotatable bonds is 10. The van der Waals surface area contributed by atoms with E-state index in [-0.39, 0.29) is 5.91 Å². The van der Waals surface area contributed by atoms with E-state index in [0.29, 0.717) is 31.9 Å². The summed E-state index contributed by atoms with van der Waals surface area (Å²) in [5.74, 6) is -0.0947. The van der Waals surface area contributed by atoms with E-state index in [4.69, 9.17) is 4.74 Å². The van der Waals surface area contributed by atoms with Crippen LogP contribution in [0.3, 0.4) is 0 Å². The van der Waals surface area contributed by atoms with Crippen LogP contribution in [0.15, 0.2) is 110 Å². The van der Waals surface area contributed by atoms with E-state index in [0.717, 1.165) is 28.6 Å². The molecule has 4 aromatic carbocycles. The lowest BCUT2D eigenvalue weighted by Crippen LogP contribution is -2.27. The van der Waals surface area contributed by atoms with Crippen LogP contribution in [0.5, 0.6) is 0 Å². The lowest BCUT2D eigenvalue weighted by atomic mass is 10.0. The quantitative estimate of drug-likeness (QED) is 0.206. The fraction of sp³-hybridized carbons (Fsp3) is 0.176. The number of nitrogens with one attached hydrogen (secondary N) is 1. The summed E-state index contributed by atoms with van der Waals surface area (Å²) in [5, 5.41) is 7.86. The highest BCUT2D eigenvalue weighted by Gasteiger charge is 2.17. The molecule has 0 bridgehead atoms. The maximum Gasteiger partial charge on any atom is 0.267 e. The molecular weight excluding hydrogens is 496 g/mol. The monoisotopic (exact) mass is 528 g/mol. The fourth-order valence-corrected chi connectivity index (χ4v) is 5.38. The van der Waals surface area contributed by atoms with Crippen LogP contribution in [0, 0.1) is 0 Å². The molecule has 0 unspecified atom stereocenters. The maximum atomic E-state index is 13.4. The molecule has 200 valence electrons. The van der Waals surface area contributed by atoms with Crippen molar-refractivity contribution in [2.75, 3.05) is 20.3 Å². The van der Waals surface area contributed by atoms with Gasteiger partial charge < -0.3 is 19.2 Å². The largest absolute Gasteiger partial charge is 0.385 e. The van der Waals surface area contributed by atoms with Crippen LogP contribution in [-0.4, -0.2) is 40.3 Å².